The fraction of sp³-hybridized carbons (Fsp3) is 0.800. The first kappa shape index (κ1) is 11.7. The molecule has 0 radical (unpaired) electrons. The van der Waals surface area contributed by atoms with Crippen LogP contribution in [0.2, 0.25) is 0 Å². The quantitative estimate of drug-likeness (QED) is 0.428. The highest BCUT2D eigenvalue weighted by molar-refractivity contribution is 9.10. The molecule has 1 unspecified atom stereocenters. The highest BCUT2D eigenvalue weighted by atomic mass is 79.9. The molecule has 0 aliphatic carbocycles. The molecule has 2 nitrogen and oxygen atoms in total. The van der Waals surface area contributed by atoms with Gasteiger partial charge in [0, 0.05) is 6.92 Å². The molecule has 0 amide bonds. The number of hydrogen-bond donors (Lipinski definition) is 0. The van der Waals surface area contributed by atoms with E-state index in [1.165, 1.54) is 0 Å². The molecule has 0 spiro atoms. The van der Waals surface area contributed by atoms with Crippen molar-refractivity contribution in [3.05, 3.63) is 0 Å². The molecular formula is C5H5BrF4O2. The van der Waals surface area contributed by atoms with Crippen LogP contribution in [-0.2, 0) is 9.53 Å². The summed E-state index contributed by atoms with van der Waals surface area (Å²) in [5, 5.41) is 0. The fourth-order valence-electron chi connectivity index (χ4n) is 0.274. The molecule has 0 aromatic rings. The Morgan fingerprint density at radius 2 is 1.83 bits per heavy atom. The Kier molecular flexibility index (Phi) is 3.49. The number of halogens is 5. The van der Waals surface area contributed by atoms with Crippen molar-refractivity contribution in [3.8, 4) is 0 Å². The van der Waals surface area contributed by atoms with Gasteiger partial charge in [0.05, 0.1) is 0 Å². The van der Waals surface area contributed by atoms with Crippen LogP contribution >= 0.6 is 15.9 Å². The van der Waals surface area contributed by atoms with Gasteiger partial charge < -0.3 is 4.74 Å². The number of carbonyl (C=O) groups excluding carboxylic acids is 1. The Bertz CT molecular complexity index is 177. The molecule has 0 N–H and O–H groups in total. The molecule has 0 saturated heterocycles. The maximum atomic E-state index is 12.5. The summed E-state index contributed by atoms with van der Waals surface area (Å²) >= 11 is 1.76. The van der Waals surface area contributed by atoms with E-state index < -0.39 is 23.3 Å². The zero-order valence-corrected chi connectivity index (χ0v) is 7.50. The van der Waals surface area contributed by atoms with Gasteiger partial charge in [-0.25, -0.2) is 4.39 Å². The molecule has 0 aromatic carbocycles. The molecule has 0 aliphatic rings. The van der Waals surface area contributed by atoms with Crippen molar-refractivity contribution in [2.45, 2.75) is 17.7 Å². The van der Waals surface area contributed by atoms with E-state index in [1.807, 2.05) is 0 Å². The molecular weight excluding hydrogens is 248 g/mol. The van der Waals surface area contributed by atoms with Gasteiger partial charge in [-0.15, -0.1) is 0 Å². The van der Waals surface area contributed by atoms with Gasteiger partial charge >= 0.3 is 12.1 Å². The molecule has 0 rings (SSSR count). The first-order valence-electron chi connectivity index (χ1n) is 2.75. The molecule has 0 heterocycles. The summed E-state index contributed by atoms with van der Waals surface area (Å²) in [6.45, 7) is -0.495. The summed E-state index contributed by atoms with van der Waals surface area (Å²) in [6.07, 6.45) is -5.09. The van der Waals surface area contributed by atoms with Crippen LogP contribution in [0.3, 0.4) is 0 Å². The van der Waals surface area contributed by atoms with Crippen molar-refractivity contribution in [3.63, 3.8) is 0 Å². The van der Waals surface area contributed by atoms with Gasteiger partial charge in [-0.1, -0.05) is 0 Å². The lowest BCUT2D eigenvalue weighted by Crippen LogP contribution is -2.39. The molecule has 0 bridgehead atoms. The molecule has 12 heavy (non-hydrogen) atoms. The normalized spacial score (nSPS) is 16.8. The zero-order chi connectivity index (χ0) is 9.99. The molecule has 0 saturated carbocycles. The van der Waals surface area contributed by atoms with Crippen molar-refractivity contribution in [1.29, 1.82) is 0 Å². The van der Waals surface area contributed by atoms with Crippen LogP contribution in [0.15, 0.2) is 0 Å². The molecule has 7 heteroatoms. The first-order chi connectivity index (χ1) is 5.17. The smallest absolute Gasteiger partial charge is 0.436 e. The Labute approximate surface area is 74.0 Å². The lowest BCUT2D eigenvalue weighted by molar-refractivity contribution is -0.206. The standard InChI is InChI=1S/C5H5BrF4O2/c1-3(11)12-2-4(6,7)5(8,9)10/h2H2,1H3. The average molecular weight is 253 g/mol. The lowest BCUT2D eigenvalue weighted by Gasteiger charge is -2.20. The molecule has 1 atom stereocenters. The molecule has 0 fully saturated rings. The highest BCUT2D eigenvalue weighted by Gasteiger charge is 2.55. The summed E-state index contributed by atoms with van der Waals surface area (Å²) in [4.78, 5) is 10.0. The van der Waals surface area contributed by atoms with Crippen LogP contribution < -0.4 is 0 Å². The second kappa shape index (κ2) is 3.59. The molecule has 72 valence electrons. The third-order valence-corrected chi connectivity index (χ3v) is 1.55. The highest BCUT2D eigenvalue weighted by Crippen LogP contribution is 2.39. The predicted octanol–water partition coefficient (Wildman–Crippen LogP) is 2.17. The van der Waals surface area contributed by atoms with E-state index in [2.05, 4.69) is 4.74 Å². The van der Waals surface area contributed by atoms with Crippen molar-refractivity contribution < 1.29 is 27.1 Å². The minimum Gasteiger partial charge on any atom is -0.461 e. The van der Waals surface area contributed by atoms with E-state index >= 15 is 0 Å². The van der Waals surface area contributed by atoms with E-state index in [0.717, 1.165) is 6.92 Å². The van der Waals surface area contributed by atoms with E-state index in [9.17, 15) is 22.4 Å². The maximum Gasteiger partial charge on any atom is 0.436 e. The van der Waals surface area contributed by atoms with Crippen LogP contribution in [-0.4, -0.2) is 23.3 Å². The van der Waals surface area contributed by atoms with Crippen molar-refractivity contribution in [2.24, 2.45) is 0 Å². The van der Waals surface area contributed by atoms with Crippen LogP contribution in [0.1, 0.15) is 6.92 Å². The number of carbonyl (C=O) groups is 1. The zero-order valence-electron chi connectivity index (χ0n) is 5.91. The van der Waals surface area contributed by atoms with Gasteiger partial charge in [0.25, 0.3) is 4.58 Å². The number of hydrogen-bond acceptors (Lipinski definition) is 2. The monoisotopic (exact) mass is 252 g/mol. The Morgan fingerprint density at radius 1 is 1.42 bits per heavy atom. The second-order valence-corrected chi connectivity index (χ2v) is 3.24. The summed E-state index contributed by atoms with van der Waals surface area (Å²) in [7, 11) is 0. The van der Waals surface area contributed by atoms with E-state index in [0.29, 0.717) is 0 Å². The first-order valence-corrected chi connectivity index (χ1v) is 3.54. The lowest BCUT2D eigenvalue weighted by atomic mass is 10.4. The summed E-state index contributed by atoms with van der Waals surface area (Å²) < 4.78 is 47.7. The van der Waals surface area contributed by atoms with Crippen molar-refractivity contribution >= 4 is 21.9 Å². The van der Waals surface area contributed by atoms with Crippen LogP contribution in [0.5, 0.6) is 0 Å². The topological polar surface area (TPSA) is 26.3 Å². The van der Waals surface area contributed by atoms with Gasteiger partial charge in [0.2, 0.25) is 0 Å². The van der Waals surface area contributed by atoms with Crippen LogP contribution in [0, 0.1) is 0 Å². The number of alkyl halides is 5. The van der Waals surface area contributed by atoms with Crippen molar-refractivity contribution in [1.82, 2.24) is 0 Å². The maximum absolute atomic E-state index is 12.5. The largest absolute Gasteiger partial charge is 0.461 e. The Morgan fingerprint density at radius 3 is 2.08 bits per heavy atom. The SMILES string of the molecule is CC(=O)OCC(F)(Br)C(F)(F)F. The predicted molar refractivity (Wildman–Crippen MR) is 35.5 cm³/mol. The Balaban J connectivity index is 4.14. The average Bonchev–Trinajstić information content (AvgIpc) is 1.81. The van der Waals surface area contributed by atoms with Gasteiger partial charge in [0.1, 0.15) is 6.61 Å². The van der Waals surface area contributed by atoms with E-state index in [4.69, 9.17) is 0 Å². The van der Waals surface area contributed by atoms with E-state index in [1.54, 1.807) is 15.9 Å². The third-order valence-electron chi connectivity index (χ3n) is 0.871. The molecule has 0 aliphatic heterocycles. The van der Waals surface area contributed by atoms with Gasteiger partial charge in [-0.05, 0) is 15.9 Å². The van der Waals surface area contributed by atoms with Crippen LogP contribution in [0.4, 0.5) is 17.6 Å². The van der Waals surface area contributed by atoms with Crippen LogP contribution in [0.25, 0.3) is 0 Å². The van der Waals surface area contributed by atoms with Crippen molar-refractivity contribution in [2.75, 3.05) is 6.61 Å². The summed E-state index contributed by atoms with van der Waals surface area (Å²) in [5.74, 6) is -0.972. The fourth-order valence-corrected chi connectivity index (χ4v) is 0.389. The van der Waals surface area contributed by atoms with Gasteiger partial charge in [-0.3, -0.25) is 4.79 Å². The number of rotatable bonds is 2. The molecule has 0 aromatic heterocycles. The van der Waals surface area contributed by atoms with Gasteiger partial charge in [0.15, 0.2) is 0 Å². The minimum atomic E-state index is -5.09. The Hall–Kier alpha value is -0.330. The minimum absolute atomic E-state index is 0.888. The second-order valence-electron chi connectivity index (χ2n) is 1.98. The summed E-state index contributed by atoms with van der Waals surface area (Å²) in [6, 6.07) is 0. The third kappa shape index (κ3) is 3.38. The van der Waals surface area contributed by atoms with Gasteiger partial charge in [-0.2, -0.15) is 13.2 Å². The summed E-state index contributed by atoms with van der Waals surface area (Å²) in [5.41, 5.74) is 0. The number of ether oxygens (including phenoxy) is 1. The van der Waals surface area contributed by atoms with E-state index in [-0.39, 0.29) is 0 Å². The number of esters is 1.